The number of carboxylic acids is 1. The third kappa shape index (κ3) is 24.2. The minimum absolute atomic E-state index is 0. The van der Waals surface area contributed by atoms with Gasteiger partial charge in [0.2, 0.25) is 0 Å². The van der Waals surface area contributed by atoms with Crippen molar-refractivity contribution in [3.63, 3.8) is 0 Å². The number of hydrogen-bond donors (Lipinski definition) is 1. The summed E-state index contributed by atoms with van der Waals surface area (Å²) in [6, 6.07) is 0. The molecule has 0 atom stereocenters. The van der Waals surface area contributed by atoms with Crippen molar-refractivity contribution in [1.29, 1.82) is 0 Å². The fraction of sp³-hybridized carbons (Fsp3) is 0.857. The van der Waals surface area contributed by atoms with E-state index in [0.717, 1.165) is 5.92 Å². The van der Waals surface area contributed by atoms with Gasteiger partial charge < -0.3 is 14.1 Å². The van der Waals surface area contributed by atoms with Crippen molar-refractivity contribution in [2.24, 2.45) is 5.92 Å². The molecule has 0 aromatic carbocycles. The largest absolute Gasteiger partial charge is 1.00 e. The summed E-state index contributed by atoms with van der Waals surface area (Å²) in [6.07, 6.45) is 7.12. The van der Waals surface area contributed by atoms with Crippen molar-refractivity contribution in [3.8, 4) is 0 Å². The molecule has 0 aliphatic carbocycles. The minimum Gasteiger partial charge on any atom is -0.550 e. The van der Waals surface area contributed by atoms with Gasteiger partial charge in [-0.25, -0.2) is 0 Å². The summed E-state index contributed by atoms with van der Waals surface area (Å²) in [5.74, 6) is -1.85. The molecule has 0 aliphatic heterocycles. The first-order chi connectivity index (χ1) is 10.2. The molecule has 0 radical (unpaired) electrons. The van der Waals surface area contributed by atoms with Gasteiger partial charge in [-0.3, -0.25) is 9.35 Å². The minimum atomic E-state index is -4.83. The molecule has 0 saturated carbocycles. The van der Waals surface area contributed by atoms with Gasteiger partial charge in [-0.15, -0.1) is 0 Å². The van der Waals surface area contributed by atoms with Gasteiger partial charge >= 0.3 is 45.9 Å². The fourth-order valence-electron chi connectivity index (χ4n) is 1.74. The number of rotatable bonds is 10. The van der Waals surface area contributed by atoms with Gasteiger partial charge in [0.15, 0.2) is 0 Å². The third-order valence-electron chi connectivity index (χ3n) is 3.10. The number of hydrogen-bond acceptors (Lipinski definition) is 6. The Morgan fingerprint density at radius 1 is 1.09 bits per heavy atom. The number of aliphatic carboxylic acids is 1. The van der Waals surface area contributed by atoms with E-state index in [2.05, 4.69) is 25.0 Å². The molecule has 132 valence electrons. The molecule has 0 heterocycles. The Bertz CT molecular complexity index is 405. The van der Waals surface area contributed by atoms with Crippen LogP contribution in [0, 0.1) is 5.92 Å². The van der Waals surface area contributed by atoms with E-state index in [9.17, 15) is 23.1 Å². The maximum atomic E-state index is 10.3. The van der Waals surface area contributed by atoms with E-state index < -0.39 is 35.2 Å². The number of unbranched alkanes of at least 4 members (excludes halogenated alkanes) is 2. The van der Waals surface area contributed by atoms with Crippen LogP contribution in [0.4, 0.5) is 0 Å². The normalized spacial score (nSPS) is 10.3. The van der Waals surface area contributed by atoms with E-state index >= 15 is 0 Å². The summed E-state index contributed by atoms with van der Waals surface area (Å²) >= 11 is 0. The van der Waals surface area contributed by atoms with E-state index in [1.165, 1.54) is 38.5 Å². The number of carbonyl (C=O) groups is 2. The Hall–Kier alpha value is -0.150. The first-order valence-corrected chi connectivity index (χ1v) is 8.92. The predicted octanol–water partition coefficient (Wildman–Crippen LogP) is -1.13. The van der Waals surface area contributed by atoms with Crippen LogP contribution in [-0.2, 0) is 24.2 Å². The van der Waals surface area contributed by atoms with Crippen molar-refractivity contribution in [2.45, 2.75) is 72.1 Å². The average molecular weight is 362 g/mol. The first kappa shape index (κ1) is 27.7. The monoisotopic (exact) mass is 362 g/mol. The van der Waals surface area contributed by atoms with Gasteiger partial charge in [0.1, 0.15) is 0 Å². The molecule has 0 amide bonds. The molecular formula is C14H27NaO7S. The first-order valence-electron chi connectivity index (χ1n) is 7.55. The van der Waals surface area contributed by atoms with E-state index in [-0.39, 0.29) is 29.6 Å². The molecule has 9 heteroatoms. The Morgan fingerprint density at radius 2 is 1.61 bits per heavy atom. The van der Waals surface area contributed by atoms with Crippen LogP contribution < -0.4 is 34.7 Å². The van der Waals surface area contributed by atoms with Crippen LogP contribution in [0.1, 0.15) is 72.1 Å². The predicted molar refractivity (Wildman–Crippen MR) is 80.1 cm³/mol. The zero-order valence-corrected chi connectivity index (χ0v) is 17.4. The molecule has 0 saturated heterocycles. The molecule has 0 aromatic heterocycles. The molecule has 23 heavy (non-hydrogen) atoms. The third-order valence-corrected chi connectivity index (χ3v) is 3.50. The molecule has 0 aromatic rings. The van der Waals surface area contributed by atoms with Crippen molar-refractivity contribution in [2.75, 3.05) is 0 Å². The molecule has 0 rings (SSSR count). The van der Waals surface area contributed by atoms with Crippen molar-refractivity contribution >= 4 is 22.3 Å². The van der Waals surface area contributed by atoms with E-state index in [0.29, 0.717) is 0 Å². The summed E-state index contributed by atoms with van der Waals surface area (Å²) in [5, 5.41) is 9.74. The summed E-state index contributed by atoms with van der Waals surface area (Å²) in [5.41, 5.74) is 0. The summed E-state index contributed by atoms with van der Waals surface area (Å²) in [4.78, 5) is 20.0. The SMILES string of the molecule is CCCCCC(CC)CC.O=C([O-])CCC(=O)OS(=O)(=O)O.[Na+]. The summed E-state index contributed by atoms with van der Waals surface area (Å²) in [6.45, 7) is 6.88. The summed E-state index contributed by atoms with van der Waals surface area (Å²) in [7, 11) is -4.83. The Kier molecular flexibility index (Phi) is 20.1. The van der Waals surface area contributed by atoms with Crippen LogP contribution in [0.15, 0.2) is 0 Å². The van der Waals surface area contributed by atoms with Crippen LogP contribution in [0.5, 0.6) is 0 Å². The second-order valence-corrected chi connectivity index (χ2v) is 5.96. The molecular weight excluding hydrogens is 335 g/mol. The fourth-order valence-corrected chi connectivity index (χ4v) is 2.06. The zero-order chi connectivity index (χ0) is 17.6. The second kappa shape index (κ2) is 16.7. The van der Waals surface area contributed by atoms with Crippen molar-refractivity contribution in [1.82, 2.24) is 0 Å². The van der Waals surface area contributed by atoms with Gasteiger partial charge in [0.25, 0.3) is 0 Å². The Morgan fingerprint density at radius 3 is 1.96 bits per heavy atom. The second-order valence-electron chi connectivity index (χ2n) is 4.93. The molecule has 7 nitrogen and oxygen atoms in total. The van der Waals surface area contributed by atoms with Crippen LogP contribution in [-0.4, -0.2) is 24.9 Å². The Balaban J connectivity index is -0.000000338. The van der Waals surface area contributed by atoms with Gasteiger partial charge in [-0.2, -0.15) is 8.42 Å². The van der Waals surface area contributed by atoms with E-state index in [1.54, 1.807) is 0 Å². The molecule has 0 unspecified atom stereocenters. The van der Waals surface area contributed by atoms with E-state index in [4.69, 9.17) is 4.55 Å². The van der Waals surface area contributed by atoms with E-state index in [1.807, 2.05) is 0 Å². The smallest absolute Gasteiger partial charge is 0.550 e. The Labute approximate surface area is 161 Å². The van der Waals surface area contributed by atoms with Crippen LogP contribution >= 0.6 is 0 Å². The molecule has 0 spiro atoms. The van der Waals surface area contributed by atoms with Crippen LogP contribution in [0.3, 0.4) is 0 Å². The quantitative estimate of drug-likeness (QED) is 0.296. The maximum absolute atomic E-state index is 10.3. The molecule has 0 fully saturated rings. The topological polar surface area (TPSA) is 121 Å². The van der Waals surface area contributed by atoms with Crippen molar-refractivity contribution in [3.05, 3.63) is 0 Å². The van der Waals surface area contributed by atoms with Crippen LogP contribution in [0.2, 0.25) is 0 Å². The van der Waals surface area contributed by atoms with Gasteiger partial charge in [0.05, 0.1) is 6.42 Å². The summed E-state index contributed by atoms with van der Waals surface area (Å²) < 4.78 is 31.0. The maximum Gasteiger partial charge on any atom is 1.00 e. The molecule has 0 aliphatic rings. The number of carbonyl (C=O) groups excluding carboxylic acids is 2. The van der Waals surface area contributed by atoms with Crippen LogP contribution in [0.25, 0.3) is 0 Å². The zero-order valence-electron chi connectivity index (χ0n) is 14.5. The van der Waals surface area contributed by atoms with Gasteiger partial charge in [-0.1, -0.05) is 59.3 Å². The van der Waals surface area contributed by atoms with Crippen molar-refractivity contribution < 1.29 is 61.4 Å². The van der Waals surface area contributed by atoms with Gasteiger partial charge in [-0.05, 0) is 12.3 Å². The molecule has 1 N–H and O–H groups in total. The molecule has 0 bridgehead atoms. The number of carboxylic acid groups (broad SMARTS) is 1. The standard InChI is InChI=1S/C10H22.C4H6O7S.Na/c1-4-7-8-9-10(5-2)6-3;5-3(6)1-2-4(7)11-12(8,9)10;/h10H,4-9H2,1-3H3;1-2H2,(H,5,6)(H,8,9,10);/q;;+1/p-1. The van der Waals surface area contributed by atoms with Gasteiger partial charge in [0, 0.05) is 5.97 Å². The average Bonchev–Trinajstić information content (AvgIpc) is 2.40.